The zero-order chi connectivity index (χ0) is 104. The van der Waals surface area contributed by atoms with Crippen LogP contribution in [0.4, 0.5) is 0 Å². The average molecular weight is 2040 g/mol. The van der Waals surface area contributed by atoms with Crippen molar-refractivity contribution in [3.05, 3.63) is 24.3 Å². The Labute approximate surface area is 824 Å². The first kappa shape index (κ1) is 123. The molecule has 5 amide bonds. The zero-order valence-electron chi connectivity index (χ0n) is 82.2. The van der Waals surface area contributed by atoms with Crippen LogP contribution in [0.2, 0.25) is 0 Å². The zero-order valence-corrected chi connectivity index (χ0v) is 82.2. The summed E-state index contributed by atoms with van der Waals surface area (Å²) in [6.07, 6.45) is -27.3. The number of allylic oxidation sites excluding steroid dienone is 3. The van der Waals surface area contributed by atoms with Crippen molar-refractivity contribution >= 4 is 35.5 Å². The van der Waals surface area contributed by atoms with Gasteiger partial charge < -0.3 is 200 Å². The average Bonchev–Trinajstić information content (AvgIpc) is 0.760. The molecule has 7 saturated heterocycles. The highest BCUT2D eigenvalue weighted by molar-refractivity contribution is 5.77. The molecular weight excluding hydrogens is 1870 g/mol. The van der Waals surface area contributed by atoms with Gasteiger partial charge in [0.2, 0.25) is 29.5 Å². The number of nitrogens with one attached hydrogen (secondary N) is 5. The molecular formula is C95H167N5O41. The standard InChI is InChI=1S/C95H167N5O41/c1-7-9-11-13-15-17-19-21-22-23-24-25-26-27-28-30-32-34-36-38-40-42-66(115)100-56(57(112)41-39-37-35-33-31-29-20-18-16-14-12-10-8-2)51-128-91-78(123)77(122)81(64(49-106)133-91)135-93-80(125)87(141-95(94(126)127)43-58(113)67(96-52(3)108)85(140-95)71(116)59(114)44-101)82(65(50-107)134-93)136-89-70(99-55(6)111)84(74(119)62(47-104)130-89)138-92-79(124)86(75(120)63(48-105)132-92)139-90-69(98-54(5)110)83(73(118)61(46-103)131-90)137-88-68(97-53(4)109)76(121)72(117)60(45-102)129-88/h21-22,39,41,56-65,67-93,101-107,112-114,116-125H,7-20,23-38,40,42-51H2,1-6H3,(H,96,108)(H,97,109)(H,98,110)(H,99,111)(H,100,115)(H,126,127)/b22-21-,41-39+/t56-,57+,58?,59+,60?,61?,62?,63?,64?,65?,67+,68?,69?,70?,71+,72-,73-,74-,75-,76+,77+,78?,79?,80?,81+,82-,83+,84+,85?,86-,87+,88+,89-,90-,91+,92-,93-,95-/m0/s1. The maximum absolute atomic E-state index is 14.1. The molecule has 0 bridgehead atoms. The van der Waals surface area contributed by atoms with Gasteiger partial charge in [0.15, 0.2) is 37.7 Å². The molecule has 14 unspecified atom stereocenters. The van der Waals surface area contributed by atoms with Gasteiger partial charge in [-0.25, -0.2) is 4.79 Å². The Balaban J connectivity index is 1.13. The fraction of sp³-hybridized carbons (Fsp3) is 0.895. The first-order valence-corrected chi connectivity index (χ1v) is 50.7. The molecule has 0 aliphatic carbocycles. The molecule has 141 heavy (non-hydrogen) atoms. The van der Waals surface area contributed by atoms with Crippen molar-refractivity contribution in [3.63, 3.8) is 0 Å². The van der Waals surface area contributed by atoms with Gasteiger partial charge in [-0.2, -0.15) is 0 Å². The maximum Gasteiger partial charge on any atom is 0.364 e. The fourth-order valence-electron chi connectivity index (χ4n) is 18.9. The molecule has 7 heterocycles. The number of rotatable bonds is 65. The lowest BCUT2D eigenvalue weighted by Gasteiger charge is -2.53. The van der Waals surface area contributed by atoms with E-state index < -0.39 is 327 Å². The third kappa shape index (κ3) is 37.3. The summed E-state index contributed by atoms with van der Waals surface area (Å²) >= 11 is 0. The lowest BCUT2D eigenvalue weighted by atomic mass is 9.88. The molecule has 0 spiro atoms. The molecule has 818 valence electrons. The monoisotopic (exact) mass is 2030 g/mol. The Morgan fingerprint density at radius 2 is 0.723 bits per heavy atom. The van der Waals surface area contributed by atoms with Crippen LogP contribution in [0.5, 0.6) is 0 Å². The van der Waals surface area contributed by atoms with E-state index in [1.807, 2.05) is 0 Å². The Hall–Kier alpha value is -5.06. The second-order valence-electron chi connectivity index (χ2n) is 38.1. The summed E-state index contributed by atoms with van der Waals surface area (Å²) in [5, 5.41) is 253. The molecule has 7 rings (SSSR count). The summed E-state index contributed by atoms with van der Waals surface area (Å²) < 4.78 is 85.5. The maximum atomic E-state index is 14.1. The Morgan fingerprint density at radius 3 is 1.17 bits per heavy atom. The molecule has 0 aromatic rings. The SMILES string of the molecule is CCCCCCCC/C=C\CCCCCCCCCCCCCC(=O)N[C@@H](CO[C@@H]1OC(CO)[C@@H](O[C@@H]2OC(CO)[C@H](O[C@@H]3OC(CO)[C@H](O)[C@H](O[C@@H]4OC(CO)[C@H](O)[C@H](O[C@@H]5OC(CO)[C@H](O)[C@H](O[C@H]6OC(CO)[C@H](O)[C@H](O)C6NC(C)=O)C5NC(C)=O)C4O)C3NC(C)=O)[C@H](O[C@]3(C(=O)O)CC(O)[C@@H](NC(C)=O)C([C@H](O)[C@H](O)CO)O3)C2O)[C@H](O)C1O)[C@H](O)/C=C/CCCCCCCCCCCCC. The van der Waals surface area contributed by atoms with E-state index in [1.165, 1.54) is 109 Å². The van der Waals surface area contributed by atoms with Gasteiger partial charge in [-0.1, -0.05) is 192 Å². The number of aliphatic hydroxyl groups excluding tert-OH is 20. The first-order valence-electron chi connectivity index (χ1n) is 50.7. The van der Waals surface area contributed by atoms with Gasteiger partial charge in [0, 0.05) is 40.5 Å². The molecule has 38 atom stereocenters. The number of aliphatic hydroxyl groups is 20. The van der Waals surface area contributed by atoms with Gasteiger partial charge in [0.05, 0.1) is 77.1 Å². The fourth-order valence-corrected chi connectivity index (χ4v) is 18.9. The molecule has 0 saturated carbocycles. The van der Waals surface area contributed by atoms with Gasteiger partial charge in [-0.3, -0.25) is 24.0 Å². The normalized spacial score (nSPS) is 35.7. The summed E-state index contributed by atoms with van der Waals surface area (Å²) in [7, 11) is 0. The van der Waals surface area contributed by atoms with E-state index >= 15 is 0 Å². The molecule has 46 heteroatoms. The Kier molecular flexibility index (Phi) is 56.1. The van der Waals surface area contributed by atoms with Crippen LogP contribution in [-0.4, -0.2) is 428 Å². The number of hydrogen-bond acceptors (Lipinski definition) is 40. The van der Waals surface area contributed by atoms with Gasteiger partial charge in [0.25, 0.3) is 5.79 Å². The predicted molar refractivity (Wildman–Crippen MR) is 494 cm³/mol. The van der Waals surface area contributed by atoms with E-state index in [9.17, 15) is 136 Å². The summed E-state index contributed by atoms with van der Waals surface area (Å²) in [5.74, 6) is -9.84. The number of carbonyl (C=O) groups excluding carboxylic acids is 5. The Morgan fingerprint density at radius 1 is 0.369 bits per heavy atom. The lowest BCUT2D eigenvalue weighted by Crippen LogP contribution is -2.72. The van der Waals surface area contributed by atoms with Crippen molar-refractivity contribution in [2.75, 3.05) is 52.9 Å². The number of amides is 5. The summed E-state index contributed by atoms with van der Waals surface area (Å²) in [6, 6.07) is -8.73. The number of unbranched alkanes of at least 4 members (excludes halogenated alkanes) is 28. The number of hydrogen-bond donors (Lipinski definition) is 26. The summed E-state index contributed by atoms with van der Waals surface area (Å²) in [4.78, 5) is 79.9. The summed E-state index contributed by atoms with van der Waals surface area (Å²) in [5.41, 5.74) is 0. The number of aliphatic carboxylic acids is 1. The molecule has 0 radical (unpaired) electrons. The van der Waals surface area contributed by atoms with E-state index in [4.69, 9.17) is 66.3 Å². The lowest BCUT2D eigenvalue weighted by molar-refractivity contribution is -0.404. The first-order chi connectivity index (χ1) is 67.5. The second-order valence-corrected chi connectivity index (χ2v) is 38.1. The quantitative estimate of drug-likeness (QED) is 0.0213. The topological polar surface area (TPSA) is 717 Å². The van der Waals surface area contributed by atoms with Crippen molar-refractivity contribution < 1.29 is 202 Å². The van der Waals surface area contributed by atoms with Crippen LogP contribution in [0.15, 0.2) is 24.3 Å². The third-order valence-corrected chi connectivity index (χ3v) is 26.8. The molecule has 7 fully saturated rings. The molecule has 7 aliphatic rings. The van der Waals surface area contributed by atoms with E-state index in [-0.39, 0.29) is 6.42 Å². The molecule has 0 aromatic heterocycles. The summed E-state index contributed by atoms with van der Waals surface area (Å²) in [6.45, 7) is -0.504. The van der Waals surface area contributed by atoms with E-state index in [0.717, 1.165) is 111 Å². The van der Waals surface area contributed by atoms with Crippen LogP contribution in [0, 0.1) is 0 Å². The van der Waals surface area contributed by atoms with E-state index in [2.05, 4.69) is 52.6 Å². The van der Waals surface area contributed by atoms with Gasteiger partial charge in [0.1, 0.15) is 165 Å². The minimum atomic E-state index is -3.50. The highest BCUT2D eigenvalue weighted by atomic mass is 16.8. The van der Waals surface area contributed by atoms with Crippen LogP contribution in [0.1, 0.15) is 253 Å². The van der Waals surface area contributed by atoms with Crippen LogP contribution in [-0.2, 0) is 95.1 Å². The van der Waals surface area contributed by atoms with E-state index in [0.29, 0.717) is 12.8 Å². The number of carboxylic acid groups (broad SMARTS) is 1. The van der Waals surface area contributed by atoms with Crippen molar-refractivity contribution in [2.24, 2.45) is 0 Å². The Bertz CT molecular complexity index is 3600. The van der Waals surface area contributed by atoms with Gasteiger partial charge in [-0.05, 0) is 44.9 Å². The smallest absolute Gasteiger partial charge is 0.364 e. The number of carboxylic acids is 1. The highest BCUT2D eigenvalue weighted by Gasteiger charge is 2.64. The van der Waals surface area contributed by atoms with Crippen LogP contribution in [0.3, 0.4) is 0 Å². The van der Waals surface area contributed by atoms with Crippen LogP contribution < -0.4 is 26.6 Å². The highest BCUT2D eigenvalue weighted by Crippen LogP contribution is 2.43. The van der Waals surface area contributed by atoms with Crippen molar-refractivity contribution in [1.29, 1.82) is 0 Å². The molecule has 46 nitrogen and oxygen atoms in total. The van der Waals surface area contributed by atoms with Crippen LogP contribution in [0.25, 0.3) is 0 Å². The number of carbonyl (C=O) groups is 6. The predicted octanol–water partition coefficient (Wildman–Crippen LogP) is -2.99. The van der Waals surface area contributed by atoms with E-state index in [1.54, 1.807) is 6.08 Å². The van der Waals surface area contributed by atoms with Crippen molar-refractivity contribution in [1.82, 2.24) is 26.6 Å². The number of ether oxygens (including phenoxy) is 14. The van der Waals surface area contributed by atoms with Gasteiger partial charge >= 0.3 is 5.97 Å². The second kappa shape index (κ2) is 64.4. The minimum absolute atomic E-state index is 0.0906. The minimum Gasteiger partial charge on any atom is -0.477 e. The molecule has 26 N–H and O–H groups in total. The molecule has 7 aliphatic heterocycles. The van der Waals surface area contributed by atoms with Crippen molar-refractivity contribution in [3.8, 4) is 0 Å². The van der Waals surface area contributed by atoms with Crippen LogP contribution >= 0.6 is 0 Å². The molecule has 0 aromatic carbocycles. The largest absolute Gasteiger partial charge is 0.477 e. The van der Waals surface area contributed by atoms with Crippen molar-refractivity contribution in [2.45, 2.75) is 486 Å². The van der Waals surface area contributed by atoms with Gasteiger partial charge in [-0.15, -0.1) is 0 Å². The third-order valence-electron chi connectivity index (χ3n) is 26.8.